The van der Waals surface area contributed by atoms with Crippen molar-refractivity contribution in [2.45, 2.75) is 63.2 Å². The van der Waals surface area contributed by atoms with E-state index in [0.717, 1.165) is 22.6 Å². The molecule has 2 aliphatic heterocycles. The third kappa shape index (κ3) is 1.80. The van der Waals surface area contributed by atoms with Gasteiger partial charge in [-0.2, -0.15) is 13.3 Å². The first kappa shape index (κ1) is 13.3. The quantitative estimate of drug-likeness (QED) is 0.495. The number of hydrogen-bond acceptors (Lipinski definition) is 0. The minimum atomic E-state index is -0.816. The molecule has 4 atom stereocenters. The summed E-state index contributed by atoms with van der Waals surface area (Å²) < 4.78 is 0. The zero-order valence-electron chi connectivity index (χ0n) is 11.4. The van der Waals surface area contributed by atoms with Gasteiger partial charge in [0, 0.05) is 35.5 Å². The van der Waals surface area contributed by atoms with Crippen LogP contribution in [0.3, 0.4) is 0 Å². The van der Waals surface area contributed by atoms with Gasteiger partial charge in [0.2, 0.25) is 0 Å². The second-order valence-electron chi connectivity index (χ2n) is 6.52. The molecule has 0 bridgehead atoms. The molecule has 2 aliphatic rings. The van der Waals surface area contributed by atoms with Gasteiger partial charge in [0.05, 0.1) is 12.3 Å². The van der Waals surface area contributed by atoms with E-state index in [-0.39, 0.29) is 0 Å². The van der Waals surface area contributed by atoms with E-state index < -0.39 is 14.5 Å². The smallest absolute Gasteiger partial charge is 0.0642 e. The lowest BCUT2D eigenvalue weighted by Gasteiger charge is -2.55. The lowest BCUT2D eigenvalue weighted by molar-refractivity contribution is 0.680. The predicted molar refractivity (Wildman–Crippen MR) is 81.4 cm³/mol. The molecule has 0 amide bonds. The Morgan fingerprint density at radius 3 is 1.19 bits per heavy atom. The normalized spacial score (nSPS) is 44.6. The second-order valence-corrected chi connectivity index (χ2v) is 15.4. The summed E-state index contributed by atoms with van der Waals surface area (Å²) >= 11 is 0. The molecule has 0 nitrogen and oxygen atoms in total. The topological polar surface area (TPSA) is 0 Å². The van der Waals surface area contributed by atoms with Gasteiger partial charge in [-0.05, 0) is 27.7 Å². The first-order chi connectivity index (χ1) is 7.30. The summed E-state index contributed by atoms with van der Waals surface area (Å²) in [5.41, 5.74) is 3.78. The Labute approximate surface area is 104 Å². The van der Waals surface area contributed by atoms with Gasteiger partial charge in [0.1, 0.15) is 0 Å². The van der Waals surface area contributed by atoms with Crippen molar-refractivity contribution in [3.8, 4) is 0 Å². The Morgan fingerprint density at radius 2 is 1.00 bits per heavy atom. The van der Waals surface area contributed by atoms with E-state index in [9.17, 15) is 0 Å². The molecule has 94 valence electrons. The maximum Gasteiger partial charge on any atom is 0.0642 e. The zero-order valence-corrected chi connectivity index (χ0v) is 13.2. The highest BCUT2D eigenvalue weighted by atomic mass is 31.2. The van der Waals surface area contributed by atoms with Crippen LogP contribution in [0.2, 0.25) is 0 Å². The van der Waals surface area contributed by atoms with Gasteiger partial charge in [-0.15, -0.1) is 14.5 Å². The third-order valence-electron chi connectivity index (χ3n) is 5.81. The lowest BCUT2D eigenvalue weighted by atomic mass is 10.2. The van der Waals surface area contributed by atoms with Crippen LogP contribution >= 0.6 is 14.5 Å². The van der Waals surface area contributed by atoms with Crippen LogP contribution in [0.15, 0.2) is 0 Å². The molecule has 2 rings (SSSR count). The summed E-state index contributed by atoms with van der Waals surface area (Å²) in [6.07, 6.45) is 5.76. The van der Waals surface area contributed by atoms with Crippen LogP contribution in [0, 0.1) is 13.3 Å². The summed E-state index contributed by atoms with van der Waals surface area (Å²) in [6, 6.07) is 0. The maximum atomic E-state index is 4.65. The summed E-state index contributed by atoms with van der Waals surface area (Å²) in [5.74, 6) is 0. The zero-order chi connectivity index (χ0) is 12.1. The highest BCUT2D eigenvalue weighted by molar-refractivity contribution is 7.83. The van der Waals surface area contributed by atoms with Gasteiger partial charge < -0.3 is 0 Å². The molecule has 0 N–H and O–H groups in total. The molecule has 2 fully saturated rings. The lowest BCUT2D eigenvalue weighted by Crippen LogP contribution is -2.39. The van der Waals surface area contributed by atoms with Crippen LogP contribution in [0.4, 0.5) is 0 Å². The minimum Gasteiger partial charge on any atom is -0.179 e. The van der Waals surface area contributed by atoms with Crippen LogP contribution in [-0.4, -0.2) is 35.0 Å². The summed E-state index contributed by atoms with van der Waals surface area (Å²) in [4.78, 5) is 0. The van der Waals surface area contributed by atoms with Gasteiger partial charge >= 0.3 is 0 Å². The molecule has 2 saturated heterocycles. The van der Waals surface area contributed by atoms with Crippen molar-refractivity contribution in [1.82, 2.24) is 0 Å². The molecule has 16 heavy (non-hydrogen) atoms. The van der Waals surface area contributed by atoms with Crippen molar-refractivity contribution in [2.75, 3.05) is 12.3 Å². The van der Waals surface area contributed by atoms with Gasteiger partial charge in [-0.25, -0.2) is 0 Å². The van der Waals surface area contributed by atoms with Crippen LogP contribution < -0.4 is 0 Å². The predicted octanol–water partition coefficient (Wildman–Crippen LogP) is 4.97. The average Bonchev–Trinajstić information content (AvgIpc) is 2.26. The van der Waals surface area contributed by atoms with E-state index in [4.69, 9.17) is 0 Å². The fourth-order valence-corrected chi connectivity index (χ4v) is 12.3. The molecule has 0 unspecified atom stereocenters. The molecule has 0 aromatic heterocycles. The van der Waals surface area contributed by atoms with E-state index in [2.05, 4.69) is 41.0 Å². The van der Waals surface area contributed by atoms with E-state index in [1.165, 1.54) is 25.2 Å². The molecule has 0 radical (unpaired) electrons. The third-order valence-corrected chi connectivity index (χ3v) is 16.1. The van der Waals surface area contributed by atoms with Crippen LogP contribution in [0.25, 0.3) is 0 Å². The Morgan fingerprint density at radius 1 is 0.750 bits per heavy atom. The summed E-state index contributed by atoms with van der Waals surface area (Å²) in [7, 11) is -1.63. The van der Waals surface area contributed by atoms with Crippen molar-refractivity contribution < 1.29 is 0 Å². The Bertz CT molecular complexity index is 230. The highest BCUT2D eigenvalue weighted by Crippen LogP contribution is 2.81. The van der Waals surface area contributed by atoms with Crippen molar-refractivity contribution in [1.29, 1.82) is 0 Å². The average molecular weight is 258 g/mol. The molecule has 0 aromatic carbocycles. The van der Waals surface area contributed by atoms with Crippen molar-refractivity contribution >= 4 is 14.5 Å². The van der Waals surface area contributed by atoms with Crippen molar-refractivity contribution in [3.63, 3.8) is 0 Å². The van der Waals surface area contributed by atoms with Gasteiger partial charge in [-0.3, -0.25) is 0 Å². The molecular formula is C14H28P2. The first-order valence-corrected chi connectivity index (χ1v) is 11.3. The van der Waals surface area contributed by atoms with Gasteiger partial charge in [0.15, 0.2) is 0 Å². The summed E-state index contributed by atoms with van der Waals surface area (Å²) in [5, 5.41) is 0. The molecule has 2 heteroatoms. The molecule has 0 aliphatic carbocycles. The fourth-order valence-electron chi connectivity index (χ4n) is 3.67. The maximum absolute atomic E-state index is 4.65. The highest BCUT2D eigenvalue weighted by Gasteiger charge is 2.52. The van der Waals surface area contributed by atoms with Gasteiger partial charge in [-0.1, -0.05) is 0 Å². The second kappa shape index (κ2) is 4.20. The fraction of sp³-hybridized carbons (Fsp3) is 0.857. The van der Waals surface area contributed by atoms with Crippen molar-refractivity contribution in [2.24, 2.45) is 0 Å². The molecule has 0 aromatic rings. The summed E-state index contributed by atoms with van der Waals surface area (Å²) in [6.45, 7) is 19.0. The Kier molecular flexibility index (Phi) is 3.49. The number of hydrogen-bond donors (Lipinski definition) is 0. The van der Waals surface area contributed by atoms with Crippen molar-refractivity contribution in [3.05, 3.63) is 13.3 Å². The SMILES string of the molecule is [CH2-][P+]1(CC[P+]2([CH2-])[C@@H](C)C[C@@H]2C)[C@@H](C)C[C@@H]1C. The van der Waals surface area contributed by atoms with Gasteiger partial charge in [0.25, 0.3) is 0 Å². The molecule has 2 heterocycles. The Balaban J connectivity index is 1.92. The van der Waals surface area contributed by atoms with Crippen LogP contribution in [-0.2, 0) is 0 Å². The van der Waals surface area contributed by atoms with E-state index in [1.807, 2.05) is 0 Å². The Hall–Kier alpha value is 0.860. The largest absolute Gasteiger partial charge is 0.179 e. The molecule has 0 spiro atoms. The first-order valence-electron chi connectivity index (χ1n) is 6.74. The standard InChI is InChI=1S/C14H28P2/c1-11-9-12(2)15(11,5)7-8-16(6)13(3)10-14(16)4/h11-14H,5-10H2,1-4H3/t11-,12-,13-,14-/m0/s1. The van der Waals surface area contributed by atoms with E-state index >= 15 is 0 Å². The molecule has 0 saturated carbocycles. The molecular weight excluding hydrogens is 230 g/mol. The van der Waals surface area contributed by atoms with E-state index in [0.29, 0.717) is 0 Å². The van der Waals surface area contributed by atoms with Crippen LogP contribution in [0.5, 0.6) is 0 Å². The number of rotatable bonds is 3. The van der Waals surface area contributed by atoms with E-state index in [1.54, 1.807) is 0 Å². The van der Waals surface area contributed by atoms with Crippen LogP contribution in [0.1, 0.15) is 40.5 Å². The monoisotopic (exact) mass is 258 g/mol. The minimum absolute atomic E-state index is 0.816.